The van der Waals surface area contributed by atoms with Crippen LogP contribution in [0.2, 0.25) is 0 Å². The molecular formula is C18H21F2NO4S. The number of nitrogens with one attached hydrogen (secondary N) is 1. The van der Waals surface area contributed by atoms with E-state index in [-0.39, 0.29) is 4.90 Å². The van der Waals surface area contributed by atoms with Gasteiger partial charge in [0.15, 0.2) is 23.1 Å². The van der Waals surface area contributed by atoms with Gasteiger partial charge in [-0.1, -0.05) is 6.07 Å². The summed E-state index contributed by atoms with van der Waals surface area (Å²) < 4.78 is 64.9. The van der Waals surface area contributed by atoms with Crippen LogP contribution in [0.15, 0.2) is 41.3 Å². The second-order valence-corrected chi connectivity index (χ2v) is 7.21. The van der Waals surface area contributed by atoms with Crippen LogP contribution >= 0.6 is 0 Å². The Kier molecular flexibility index (Phi) is 6.55. The van der Waals surface area contributed by atoms with Gasteiger partial charge < -0.3 is 9.47 Å². The Morgan fingerprint density at radius 1 is 0.962 bits per heavy atom. The summed E-state index contributed by atoms with van der Waals surface area (Å²) >= 11 is 0. The molecule has 2 rings (SSSR count). The molecule has 0 fully saturated rings. The Bertz CT molecular complexity index is 871. The van der Waals surface area contributed by atoms with Gasteiger partial charge in [-0.25, -0.2) is 21.9 Å². The zero-order valence-electron chi connectivity index (χ0n) is 14.8. The lowest BCUT2D eigenvalue weighted by atomic mass is 10.1. The Hall–Kier alpha value is -2.19. The van der Waals surface area contributed by atoms with Gasteiger partial charge in [-0.05, 0) is 50.6 Å². The van der Waals surface area contributed by atoms with Crippen molar-refractivity contribution in [2.75, 3.05) is 13.2 Å². The van der Waals surface area contributed by atoms with E-state index in [1.807, 2.05) is 6.92 Å². The van der Waals surface area contributed by atoms with E-state index in [1.165, 1.54) is 24.3 Å². The van der Waals surface area contributed by atoms with Crippen molar-refractivity contribution in [1.29, 1.82) is 0 Å². The van der Waals surface area contributed by atoms with Gasteiger partial charge in [0.05, 0.1) is 18.1 Å². The molecule has 26 heavy (non-hydrogen) atoms. The molecule has 142 valence electrons. The van der Waals surface area contributed by atoms with Crippen LogP contribution < -0.4 is 14.2 Å². The van der Waals surface area contributed by atoms with Crippen molar-refractivity contribution in [2.45, 2.75) is 31.7 Å². The van der Waals surface area contributed by atoms with Crippen LogP contribution in [-0.2, 0) is 10.0 Å². The minimum absolute atomic E-state index is 0.0150. The maximum Gasteiger partial charge on any atom is 0.241 e. The third-order valence-corrected chi connectivity index (χ3v) is 5.14. The molecule has 0 spiro atoms. The predicted octanol–water partition coefficient (Wildman–Crippen LogP) is 3.80. The third-order valence-electron chi connectivity index (χ3n) is 3.60. The van der Waals surface area contributed by atoms with Gasteiger partial charge in [0.1, 0.15) is 0 Å². The van der Waals surface area contributed by atoms with Crippen LogP contribution in [0.3, 0.4) is 0 Å². The largest absolute Gasteiger partial charge is 0.490 e. The summed E-state index contributed by atoms with van der Waals surface area (Å²) in [4.78, 5) is -0.0150. The molecule has 5 nitrogen and oxygen atoms in total. The molecule has 0 amide bonds. The topological polar surface area (TPSA) is 64.6 Å². The van der Waals surface area contributed by atoms with E-state index in [4.69, 9.17) is 9.47 Å². The first kappa shape index (κ1) is 20.1. The van der Waals surface area contributed by atoms with Crippen LogP contribution in [0.1, 0.15) is 32.4 Å². The third kappa shape index (κ3) is 4.70. The standard InChI is InChI=1S/C18H21F2NO4S/c1-4-24-17-9-7-14(11-18(17)25-5-2)26(22,23)21-12(3)13-6-8-15(19)16(20)10-13/h6-12,21H,4-5H2,1-3H3. The molecule has 2 aromatic carbocycles. The van der Waals surface area contributed by atoms with Gasteiger partial charge in [0, 0.05) is 12.1 Å². The number of hydrogen-bond donors (Lipinski definition) is 1. The summed E-state index contributed by atoms with van der Waals surface area (Å²) in [5.74, 6) is -1.26. The van der Waals surface area contributed by atoms with E-state index in [9.17, 15) is 17.2 Å². The first-order valence-corrected chi connectivity index (χ1v) is 9.63. The second-order valence-electron chi connectivity index (χ2n) is 5.49. The molecule has 1 unspecified atom stereocenters. The van der Waals surface area contributed by atoms with Crippen molar-refractivity contribution < 1.29 is 26.7 Å². The number of sulfonamides is 1. The van der Waals surface area contributed by atoms with Crippen molar-refractivity contribution in [1.82, 2.24) is 4.72 Å². The van der Waals surface area contributed by atoms with Crippen molar-refractivity contribution in [2.24, 2.45) is 0 Å². The van der Waals surface area contributed by atoms with E-state index in [0.29, 0.717) is 30.3 Å². The summed E-state index contributed by atoms with van der Waals surface area (Å²) in [7, 11) is -3.90. The summed E-state index contributed by atoms with van der Waals surface area (Å²) in [6, 6.07) is 6.78. The Labute approximate surface area is 152 Å². The van der Waals surface area contributed by atoms with Crippen LogP contribution in [0.25, 0.3) is 0 Å². The van der Waals surface area contributed by atoms with E-state index in [2.05, 4.69) is 4.72 Å². The van der Waals surface area contributed by atoms with E-state index < -0.39 is 27.7 Å². The molecule has 0 aromatic heterocycles. The maximum atomic E-state index is 13.4. The van der Waals surface area contributed by atoms with Crippen LogP contribution in [0.5, 0.6) is 11.5 Å². The Morgan fingerprint density at radius 3 is 2.23 bits per heavy atom. The number of halogens is 2. The number of rotatable bonds is 8. The molecule has 1 N–H and O–H groups in total. The smallest absolute Gasteiger partial charge is 0.241 e. The molecule has 1 atom stereocenters. The van der Waals surface area contributed by atoms with Crippen LogP contribution in [-0.4, -0.2) is 21.6 Å². The zero-order valence-corrected chi connectivity index (χ0v) is 15.6. The van der Waals surface area contributed by atoms with Gasteiger partial charge in [0.2, 0.25) is 10.0 Å². The highest BCUT2D eigenvalue weighted by Crippen LogP contribution is 2.30. The normalized spacial score (nSPS) is 12.7. The fourth-order valence-corrected chi connectivity index (χ4v) is 3.60. The average molecular weight is 385 g/mol. The molecule has 0 saturated carbocycles. The van der Waals surface area contributed by atoms with Crippen molar-refractivity contribution in [3.8, 4) is 11.5 Å². The lowest BCUT2D eigenvalue weighted by molar-refractivity contribution is 0.287. The zero-order chi connectivity index (χ0) is 19.3. The van der Waals surface area contributed by atoms with Crippen LogP contribution in [0, 0.1) is 11.6 Å². The molecule has 0 aliphatic carbocycles. The van der Waals surface area contributed by atoms with E-state index in [1.54, 1.807) is 13.8 Å². The fourth-order valence-electron chi connectivity index (χ4n) is 2.35. The summed E-state index contributed by atoms with van der Waals surface area (Å²) in [5.41, 5.74) is 0.309. The lowest BCUT2D eigenvalue weighted by Crippen LogP contribution is -2.27. The SMILES string of the molecule is CCOc1ccc(S(=O)(=O)NC(C)c2ccc(F)c(F)c2)cc1OCC. The highest BCUT2D eigenvalue weighted by atomic mass is 32.2. The molecule has 0 radical (unpaired) electrons. The first-order valence-electron chi connectivity index (χ1n) is 8.15. The predicted molar refractivity (Wildman–Crippen MR) is 93.9 cm³/mol. The van der Waals surface area contributed by atoms with Gasteiger partial charge in [0.25, 0.3) is 0 Å². The molecular weight excluding hydrogens is 364 g/mol. The van der Waals surface area contributed by atoms with Gasteiger partial charge in [-0.2, -0.15) is 0 Å². The monoisotopic (exact) mass is 385 g/mol. The average Bonchev–Trinajstić information content (AvgIpc) is 2.58. The Morgan fingerprint density at radius 2 is 1.62 bits per heavy atom. The minimum atomic E-state index is -3.90. The quantitative estimate of drug-likeness (QED) is 0.751. The van der Waals surface area contributed by atoms with Gasteiger partial charge in [-0.15, -0.1) is 0 Å². The molecule has 0 heterocycles. The minimum Gasteiger partial charge on any atom is -0.490 e. The lowest BCUT2D eigenvalue weighted by Gasteiger charge is -2.16. The number of ether oxygens (including phenoxy) is 2. The first-order chi connectivity index (χ1) is 12.3. The van der Waals surface area contributed by atoms with Crippen LogP contribution in [0.4, 0.5) is 8.78 Å². The van der Waals surface area contributed by atoms with Gasteiger partial charge in [-0.3, -0.25) is 0 Å². The molecule has 0 saturated heterocycles. The Balaban J connectivity index is 2.28. The summed E-state index contributed by atoms with van der Waals surface area (Å²) in [6.45, 7) is 5.90. The molecule has 0 aliphatic heterocycles. The summed E-state index contributed by atoms with van der Waals surface area (Å²) in [5, 5.41) is 0. The fraction of sp³-hybridized carbons (Fsp3) is 0.333. The van der Waals surface area contributed by atoms with Crippen molar-refractivity contribution in [3.63, 3.8) is 0 Å². The highest BCUT2D eigenvalue weighted by molar-refractivity contribution is 7.89. The number of hydrogen-bond acceptors (Lipinski definition) is 4. The van der Waals surface area contributed by atoms with Crippen molar-refractivity contribution in [3.05, 3.63) is 53.6 Å². The summed E-state index contributed by atoms with van der Waals surface area (Å²) in [6.07, 6.45) is 0. The molecule has 0 bridgehead atoms. The highest BCUT2D eigenvalue weighted by Gasteiger charge is 2.21. The second kappa shape index (κ2) is 8.46. The molecule has 8 heteroatoms. The van der Waals surface area contributed by atoms with E-state index in [0.717, 1.165) is 12.1 Å². The number of benzene rings is 2. The maximum absolute atomic E-state index is 13.4. The van der Waals surface area contributed by atoms with Crippen molar-refractivity contribution >= 4 is 10.0 Å². The molecule has 2 aromatic rings. The molecule has 0 aliphatic rings. The van der Waals surface area contributed by atoms with E-state index >= 15 is 0 Å². The van der Waals surface area contributed by atoms with Gasteiger partial charge >= 0.3 is 0 Å².